The summed E-state index contributed by atoms with van der Waals surface area (Å²) in [6.07, 6.45) is 3.89. The van der Waals surface area contributed by atoms with E-state index >= 15 is 0 Å². The van der Waals surface area contributed by atoms with Gasteiger partial charge in [0.05, 0.1) is 21.5 Å². The predicted octanol–water partition coefficient (Wildman–Crippen LogP) is 3.07. The Labute approximate surface area is 111 Å². The first-order valence-corrected chi connectivity index (χ1v) is 7.21. The Morgan fingerprint density at radius 2 is 2.29 bits per heavy atom. The Bertz CT molecular complexity index is 416. The molecule has 0 amide bonds. The maximum absolute atomic E-state index is 10.7. The van der Waals surface area contributed by atoms with Crippen LogP contribution in [0.5, 0.6) is 0 Å². The van der Waals surface area contributed by atoms with Gasteiger partial charge >= 0.3 is 0 Å². The van der Waals surface area contributed by atoms with Crippen LogP contribution < -0.4 is 0 Å². The molecule has 1 N–H and O–H groups in total. The fourth-order valence-electron chi connectivity index (χ4n) is 2.82. The molecule has 1 heterocycles. The minimum Gasteiger partial charge on any atom is -0.389 e. The number of rotatable bonds is 3. The van der Waals surface area contributed by atoms with Gasteiger partial charge in [-0.2, -0.15) is 5.10 Å². The molecule has 4 heteroatoms. The van der Waals surface area contributed by atoms with Gasteiger partial charge in [0.1, 0.15) is 0 Å². The molecule has 0 aliphatic heterocycles. The zero-order valence-electron chi connectivity index (χ0n) is 10.8. The van der Waals surface area contributed by atoms with Gasteiger partial charge in [0.2, 0.25) is 0 Å². The summed E-state index contributed by atoms with van der Waals surface area (Å²) in [6, 6.07) is 0. The van der Waals surface area contributed by atoms with Gasteiger partial charge in [0.15, 0.2) is 0 Å². The SMILES string of the molecule is CCn1nc(C)c(Br)c1CC1(O)CCCC1C. The molecule has 1 aliphatic carbocycles. The summed E-state index contributed by atoms with van der Waals surface area (Å²) < 4.78 is 3.06. The lowest BCUT2D eigenvalue weighted by Gasteiger charge is -2.28. The normalized spacial score (nSPS) is 28.9. The van der Waals surface area contributed by atoms with Crippen molar-refractivity contribution >= 4 is 15.9 Å². The van der Waals surface area contributed by atoms with E-state index in [-0.39, 0.29) is 0 Å². The maximum atomic E-state index is 10.7. The first-order chi connectivity index (χ1) is 7.98. The monoisotopic (exact) mass is 300 g/mol. The van der Waals surface area contributed by atoms with Crippen molar-refractivity contribution in [1.82, 2.24) is 9.78 Å². The van der Waals surface area contributed by atoms with Crippen molar-refractivity contribution in [3.8, 4) is 0 Å². The first kappa shape index (κ1) is 13.1. The zero-order chi connectivity index (χ0) is 12.6. The Morgan fingerprint density at radius 3 is 2.82 bits per heavy atom. The van der Waals surface area contributed by atoms with Gasteiger partial charge in [-0.25, -0.2) is 0 Å². The lowest BCUT2D eigenvalue weighted by Crippen LogP contribution is -2.35. The molecule has 1 fully saturated rings. The minimum absolute atomic E-state index is 0.384. The van der Waals surface area contributed by atoms with Crippen molar-refractivity contribution < 1.29 is 5.11 Å². The Hall–Kier alpha value is -0.350. The summed E-state index contributed by atoms with van der Waals surface area (Å²) in [5.41, 5.74) is 1.61. The smallest absolute Gasteiger partial charge is 0.0738 e. The molecule has 0 spiro atoms. The van der Waals surface area contributed by atoms with Gasteiger partial charge in [0.25, 0.3) is 0 Å². The van der Waals surface area contributed by atoms with Gasteiger partial charge in [0, 0.05) is 13.0 Å². The van der Waals surface area contributed by atoms with E-state index in [1.807, 2.05) is 11.6 Å². The zero-order valence-corrected chi connectivity index (χ0v) is 12.4. The van der Waals surface area contributed by atoms with Crippen LogP contribution in [0.1, 0.15) is 44.5 Å². The number of aryl methyl sites for hydroxylation is 2. The highest BCUT2D eigenvalue weighted by Crippen LogP contribution is 2.39. The Morgan fingerprint density at radius 1 is 1.59 bits per heavy atom. The van der Waals surface area contributed by atoms with Crippen LogP contribution in [0.4, 0.5) is 0 Å². The minimum atomic E-state index is -0.540. The van der Waals surface area contributed by atoms with E-state index in [2.05, 4.69) is 34.9 Å². The number of aromatic nitrogens is 2. The lowest BCUT2D eigenvalue weighted by molar-refractivity contribution is 0.00764. The summed E-state index contributed by atoms with van der Waals surface area (Å²) in [4.78, 5) is 0. The third kappa shape index (κ3) is 2.29. The van der Waals surface area contributed by atoms with E-state index in [1.54, 1.807) is 0 Å². The predicted molar refractivity (Wildman–Crippen MR) is 72.0 cm³/mol. The van der Waals surface area contributed by atoms with E-state index in [0.717, 1.165) is 41.7 Å². The molecule has 2 rings (SSSR count). The molecular formula is C13H21BrN2O. The molecule has 1 aromatic rings. The van der Waals surface area contributed by atoms with Gasteiger partial charge in [-0.05, 0) is 48.5 Å². The van der Waals surface area contributed by atoms with Crippen LogP contribution in [-0.2, 0) is 13.0 Å². The van der Waals surface area contributed by atoms with Gasteiger partial charge < -0.3 is 5.11 Å². The van der Waals surface area contributed by atoms with Crippen LogP contribution >= 0.6 is 15.9 Å². The van der Waals surface area contributed by atoms with Crippen LogP contribution in [0, 0.1) is 12.8 Å². The van der Waals surface area contributed by atoms with Crippen molar-refractivity contribution in [2.75, 3.05) is 0 Å². The van der Waals surface area contributed by atoms with E-state index in [9.17, 15) is 5.11 Å². The molecule has 2 atom stereocenters. The van der Waals surface area contributed by atoms with E-state index in [1.165, 1.54) is 0 Å². The maximum Gasteiger partial charge on any atom is 0.0738 e. The first-order valence-electron chi connectivity index (χ1n) is 6.42. The van der Waals surface area contributed by atoms with Crippen LogP contribution in [-0.4, -0.2) is 20.5 Å². The van der Waals surface area contributed by atoms with E-state index in [0.29, 0.717) is 12.3 Å². The molecule has 2 unspecified atom stereocenters. The van der Waals surface area contributed by atoms with Crippen molar-refractivity contribution in [2.24, 2.45) is 5.92 Å². The number of aliphatic hydroxyl groups is 1. The van der Waals surface area contributed by atoms with Gasteiger partial charge in [-0.1, -0.05) is 13.3 Å². The number of nitrogens with zero attached hydrogens (tertiary/aromatic N) is 2. The Kier molecular flexibility index (Phi) is 3.64. The third-order valence-electron chi connectivity index (χ3n) is 4.09. The van der Waals surface area contributed by atoms with E-state index in [4.69, 9.17) is 0 Å². The van der Waals surface area contributed by atoms with Crippen LogP contribution in [0.25, 0.3) is 0 Å². The van der Waals surface area contributed by atoms with Crippen LogP contribution in [0.2, 0.25) is 0 Å². The molecule has 0 bridgehead atoms. The molecule has 96 valence electrons. The second-order valence-electron chi connectivity index (χ2n) is 5.24. The Balaban J connectivity index is 2.29. The third-order valence-corrected chi connectivity index (χ3v) is 5.12. The number of hydrogen-bond donors (Lipinski definition) is 1. The topological polar surface area (TPSA) is 38.0 Å². The van der Waals surface area contributed by atoms with Crippen molar-refractivity contribution in [1.29, 1.82) is 0 Å². The van der Waals surface area contributed by atoms with E-state index < -0.39 is 5.60 Å². The van der Waals surface area contributed by atoms with Crippen molar-refractivity contribution in [3.63, 3.8) is 0 Å². The van der Waals surface area contributed by atoms with Crippen molar-refractivity contribution in [3.05, 3.63) is 15.9 Å². The molecule has 0 radical (unpaired) electrons. The molecular weight excluding hydrogens is 280 g/mol. The quantitative estimate of drug-likeness (QED) is 0.931. The van der Waals surface area contributed by atoms with Crippen LogP contribution in [0.3, 0.4) is 0 Å². The number of hydrogen-bond acceptors (Lipinski definition) is 2. The van der Waals surface area contributed by atoms with Crippen LogP contribution in [0.15, 0.2) is 4.47 Å². The molecule has 1 saturated carbocycles. The summed E-state index contributed by atoms with van der Waals surface area (Å²) in [5.74, 6) is 0.384. The van der Waals surface area contributed by atoms with Gasteiger partial charge in [-0.3, -0.25) is 4.68 Å². The molecule has 3 nitrogen and oxygen atoms in total. The average Bonchev–Trinajstić information content (AvgIpc) is 2.75. The van der Waals surface area contributed by atoms with Gasteiger partial charge in [-0.15, -0.1) is 0 Å². The second kappa shape index (κ2) is 4.73. The molecule has 1 aromatic heterocycles. The lowest BCUT2D eigenvalue weighted by atomic mass is 9.87. The standard InChI is InChI=1S/C13H21BrN2O/c1-4-16-11(12(14)10(3)15-16)8-13(17)7-5-6-9(13)2/h9,17H,4-8H2,1-3H3. The molecule has 1 aliphatic rings. The second-order valence-corrected chi connectivity index (χ2v) is 6.03. The summed E-state index contributed by atoms with van der Waals surface area (Å²) in [6.45, 7) is 7.10. The summed E-state index contributed by atoms with van der Waals surface area (Å²) in [7, 11) is 0. The average molecular weight is 301 g/mol. The largest absolute Gasteiger partial charge is 0.389 e. The fraction of sp³-hybridized carbons (Fsp3) is 0.769. The fourth-order valence-corrected chi connectivity index (χ4v) is 3.24. The summed E-state index contributed by atoms with van der Waals surface area (Å²) >= 11 is 3.60. The highest BCUT2D eigenvalue weighted by atomic mass is 79.9. The van der Waals surface area contributed by atoms with Crippen molar-refractivity contribution in [2.45, 2.75) is 58.6 Å². The molecule has 17 heavy (non-hydrogen) atoms. The molecule has 0 saturated heterocycles. The number of halogens is 1. The summed E-state index contributed by atoms with van der Waals surface area (Å²) in [5, 5.41) is 15.2. The highest BCUT2D eigenvalue weighted by Gasteiger charge is 2.39. The highest BCUT2D eigenvalue weighted by molar-refractivity contribution is 9.10. The molecule has 0 aromatic carbocycles.